The van der Waals surface area contributed by atoms with E-state index in [-0.39, 0.29) is 24.5 Å². The number of hydrogen-bond acceptors (Lipinski definition) is 3. The third-order valence-corrected chi connectivity index (χ3v) is 5.33. The van der Waals surface area contributed by atoms with Gasteiger partial charge in [-0.2, -0.15) is 0 Å². The molecule has 0 bridgehead atoms. The molecule has 1 saturated heterocycles. The smallest absolute Gasteiger partial charge is 0.220 e. The van der Waals surface area contributed by atoms with E-state index in [0.29, 0.717) is 17.4 Å². The van der Waals surface area contributed by atoms with Crippen LogP contribution in [0.3, 0.4) is 0 Å². The van der Waals surface area contributed by atoms with E-state index in [9.17, 15) is 9.59 Å². The van der Waals surface area contributed by atoms with Crippen molar-refractivity contribution in [2.24, 2.45) is 11.8 Å². The maximum atomic E-state index is 12.3. The van der Waals surface area contributed by atoms with Crippen molar-refractivity contribution in [1.29, 1.82) is 0 Å². The van der Waals surface area contributed by atoms with Crippen molar-refractivity contribution in [2.45, 2.75) is 53.4 Å². The molecular weight excluding hydrogens is 324 g/mol. The van der Waals surface area contributed by atoms with E-state index < -0.39 is 0 Å². The highest BCUT2D eigenvalue weighted by Crippen LogP contribution is 2.17. The van der Waals surface area contributed by atoms with Gasteiger partial charge in [0, 0.05) is 31.5 Å². The third kappa shape index (κ3) is 6.56. The molecule has 1 fully saturated rings. The maximum absolute atomic E-state index is 12.3. The van der Waals surface area contributed by atoms with Gasteiger partial charge in [0.25, 0.3) is 0 Å². The number of nitrogens with one attached hydrogen (secondary N) is 1. The lowest BCUT2D eigenvalue weighted by Crippen LogP contribution is -2.40. The zero-order valence-corrected chi connectivity index (χ0v) is 16.8. The first kappa shape index (κ1) is 20.6. The molecule has 1 N–H and O–H groups in total. The predicted molar refractivity (Wildman–Crippen MR) is 106 cm³/mol. The quantitative estimate of drug-likeness (QED) is 0.720. The van der Waals surface area contributed by atoms with Crippen LogP contribution in [0.5, 0.6) is 0 Å². The summed E-state index contributed by atoms with van der Waals surface area (Å²) in [7, 11) is 0. The van der Waals surface area contributed by atoms with Gasteiger partial charge in [-0.05, 0) is 68.8 Å². The lowest BCUT2D eigenvalue weighted by Gasteiger charge is -2.33. The summed E-state index contributed by atoms with van der Waals surface area (Å²) in [5.41, 5.74) is 3.00. The molecule has 2 rings (SSSR count). The van der Waals surface area contributed by atoms with Crippen LogP contribution < -0.4 is 5.32 Å². The van der Waals surface area contributed by atoms with Crippen molar-refractivity contribution in [3.8, 4) is 0 Å². The summed E-state index contributed by atoms with van der Waals surface area (Å²) >= 11 is 0. The average Bonchev–Trinajstić information content (AvgIpc) is 2.61. The number of rotatable bonds is 8. The molecular formula is C22H34N2O2. The second-order valence-electron chi connectivity index (χ2n) is 8.16. The Labute approximate surface area is 158 Å². The van der Waals surface area contributed by atoms with Gasteiger partial charge in [0.15, 0.2) is 5.78 Å². The molecule has 144 valence electrons. The lowest BCUT2D eigenvalue weighted by molar-refractivity contribution is -0.121. The standard InChI is InChI=1S/C22H34N2O2/c1-16(2)15-24-11-9-19(10-12-24)14-23-22(26)8-7-21(25)20-6-5-17(3)18(4)13-20/h5-6,13,16,19H,7-12,14-15H2,1-4H3,(H,23,26). The van der Waals surface area contributed by atoms with Crippen LogP contribution in [0.25, 0.3) is 0 Å². The van der Waals surface area contributed by atoms with Crippen LogP contribution in [0.1, 0.15) is 61.0 Å². The van der Waals surface area contributed by atoms with Gasteiger partial charge in [-0.1, -0.05) is 26.0 Å². The Hall–Kier alpha value is -1.68. The van der Waals surface area contributed by atoms with Crippen LogP contribution in [0.15, 0.2) is 18.2 Å². The van der Waals surface area contributed by atoms with Gasteiger partial charge >= 0.3 is 0 Å². The molecule has 0 aromatic heterocycles. The maximum Gasteiger partial charge on any atom is 0.220 e. The third-order valence-electron chi connectivity index (χ3n) is 5.33. The molecule has 1 aliphatic heterocycles. The highest BCUT2D eigenvalue weighted by molar-refractivity contribution is 5.98. The molecule has 4 nitrogen and oxygen atoms in total. The zero-order chi connectivity index (χ0) is 19.1. The van der Waals surface area contributed by atoms with Crippen molar-refractivity contribution < 1.29 is 9.59 Å². The first-order chi connectivity index (χ1) is 12.3. The minimum absolute atomic E-state index is 0.00760. The summed E-state index contributed by atoms with van der Waals surface area (Å²) in [4.78, 5) is 26.9. The van der Waals surface area contributed by atoms with Crippen molar-refractivity contribution in [3.63, 3.8) is 0 Å². The van der Waals surface area contributed by atoms with Gasteiger partial charge in [0.05, 0.1) is 0 Å². The van der Waals surface area contributed by atoms with Crippen molar-refractivity contribution in [3.05, 3.63) is 34.9 Å². The van der Waals surface area contributed by atoms with Crippen molar-refractivity contribution in [1.82, 2.24) is 10.2 Å². The summed E-state index contributed by atoms with van der Waals surface area (Å²) in [6.07, 6.45) is 2.85. The van der Waals surface area contributed by atoms with E-state index in [0.717, 1.165) is 38.0 Å². The summed E-state index contributed by atoms with van der Waals surface area (Å²) in [5.74, 6) is 1.32. The second kappa shape index (κ2) is 9.86. The largest absolute Gasteiger partial charge is 0.356 e. The molecule has 0 saturated carbocycles. The Balaban J connectivity index is 1.66. The number of piperidine rings is 1. The molecule has 0 aliphatic carbocycles. The molecule has 1 aliphatic rings. The van der Waals surface area contributed by atoms with Crippen LogP contribution in [-0.2, 0) is 4.79 Å². The van der Waals surface area contributed by atoms with Crippen LogP contribution in [0.4, 0.5) is 0 Å². The molecule has 1 aromatic carbocycles. The summed E-state index contributed by atoms with van der Waals surface area (Å²) in [6, 6.07) is 5.74. The fourth-order valence-electron chi connectivity index (χ4n) is 3.52. The Morgan fingerprint density at radius 3 is 2.42 bits per heavy atom. The minimum Gasteiger partial charge on any atom is -0.356 e. The van der Waals surface area contributed by atoms with Gasteiger partial charge in [0.1, 0.15) is 0 Å². The molecule has 0 radical (unpaired) electrons. The Kier molecular flexibility index (Phi) is 7.83. The van der Waals surface area contributed by atoms with E-state index in [1.165, 1.54) is 12.1 Å². The van der Waals surface area contributed by atoms with E-state index in [1.54, 1.807) is 0 Å². The number of nitrogens with zero attached hydrogens (tertiary/aromatic N) is 1. The number of carbonyl (C=O) groups is 2. The predicted octanol–water partition coefficient (Wildman–Crippen LogP) is 3.75. The van der Waals surface area contributed by atoms with E-state index in [4.69, 9.17) is 0 Å². The number of ketones is 1. The van der Waals surface area contributed by atoms with Crippen LogP contribution in [-0.4, -0.2) is 42.8 Å². The van der Waals surface area contributed by atoms with Gasteiger partial charge in [-0.25, -0.2) is 0 Å². The van der Waals surface area contributed by atoms with Crippen molar-refractivity contribution in [2.75, 3.05) is 26.2 Å². The lowest BCUT2D eigenvalue weighted by atomic mass is 9.96. The summed E-state index contributed by atoms with van der Waals surface area (Å²) in [5, 5.41) is 3.03. The fraction of sp³-hybridized carbons (Fsp3) is 0.636. The molecule has 1 aromatic rings. The molecule has 26 heavy (non-hydrogen) atoms. The Morgan fingerprint density at radius 2 is 1.81 bits per heavy atom. The van der Waals surface area contributed by atoms with Gasteiger partial charge < -0.3 is 10.2 Å². The van der Waals surface area contributed by atoms with E-state index in [1.807, 2.05) is 32.0 Å². The van der Waals surface area contributed by atoms with Crippen LogP contribution in [0.2, 0.25) is 0 Å². The molecule has 0 unspecified atom stereocenters. The normalized spacial score (nSPS) is 16.0. The van der Waals surface area contributed by atoms with Crippen LogP contribution >= 0.6 is 0 Å². The van der Waals surface area contributed by atoms with Gasteiger partial charge in [0.2, 0.25) is 5.91 Å². The summed E-state index contributed by atoms with van der Waals surface area (Å²) < 4.78 is 0. The van der Waals surface area contributed by atoms with Crippen LogP contribution in [0, 0.1) is 25.7 Å². The first-order valence-electron chi connectivity index (χ1n) is 9.94. The molecule has 0 atom stereocenters. The Morgan fingerprint density at radius 1 is 1.12 bits per heavy atom. The van der Waals surface area contributed by atoms with Gasteiger partial charge in [-0.3, -0.25) is 9.59 Å². The topological polar surface area (TPSA) is 49.4 Å². The Bertz CT molecular complexity index is 617. The number of likely N-dealkylation sites (tertiary alicyclic amines) is 1. The first-order valence-corrected chi connectivity index (χ1v) is 9.94. The molecule has 4 heteroatoms. The highest BCUT2D eigenvalue weighted by Gasteiger charge is 2.20. The number of carbonyl (C=O) groups excluding carboxylic acids is 2. The SMILES string of the molecule is Cc1ccc(C(=O)CCC(=O)NCC2CCN(CC(C)C)CC2)cc1C. The number of benzene rings is 1. The highest BCUT2D eigenvalue weighted by atomic mass is 16.2. The number of amides is 1. The number of aryl methyl sites for hydroxylation is 2. The monoisotopic (exact) mass is 358 g/mol. The average molecular weight is 359 g/mol. The second-order valence-corrected chi connectivity index (χ2v) is 8.16. The molecule has 0 spiro atoms. The van der Waals surface area contributed by atoms with E-state index in [2.05, 4.69) is 24.1 Å². The minimum atomic E-state index is -0.00760. The summed E-state index contributed by atoms with van der Waals surface area (Å²) in [6.45, 7) is 12.7. The molecule has 1 amide bonds. The number of Topliss-reactive ketones (excluding diaryl/α,β-unsaturated/α-hetero) is 1. The molecule has 1 heterocycles. The van der Waals surface area contributed by atoms with E-state index >= 15 is 0 Å². The number of hydrogen-bond donors (Lipinski definition) is 1. The van der Waals surface area contributed by atoms with Crippen molar-refractivity contribution >= 4 is 11.7 Å². The zero-order valence-electron chi connectivity index (χ0n) is 16.8. The fourth-order valence-corrected chi connectivity index (χ4v) is 3.52. The van der Waals surface area contributed by atoms with Gasteiger partial charge in [-0.15, -0.1) is 0 Å².